The summed E-state index contributed by atoms with van der Waals surface area (Å²) in [6, 6.07) is 74.3. The summed E-state index contributed by atoms with van der Waals surface area (Å²) in [5, 5.41) is 0. The van der Waals surface area contributed by atoms with Gasteiger partial charge in [-0.05, 0) is 39.4 Å². The zero-order valence-corrected chi connectivity index (χ0v) is 32.5. The van der Waals surface area contributed by atoms with Gasteiger partial charge in [-0.2, -0.15) is 0 Å². The van der Waals surface area contributed by atoms with Gasteiger partial charge in [0.1, 0.15) is 0 Å². The summed E-state index contributed by atoms with van der Waals surface area (Å²) in [6.45, 7) is 0. The van der Waals surface area contributed by atoms with Gasteiger partial charge in [0.2, 0.25) is 0 Å². The van der Waals surface area contributed by atoms with Crippen LogP contribution in [0.4, 0.5) is 0 Å². The zero-order valence-electron chi connectivity index (χ0n) is 32.5. The Balaban J connectivity index is 0.977. The number of hydrogen-bond donors (Lipinski definition) is 0. The normalized spacial score (nSPS) is 11.0. The third kappa shape index (κ3) is 7.61. The molecular weight excluding hydrogens is 733 g/mol. The van der Waals surface area contributed by atoms with Crippen LogP contribution in [0.3, 0.4) is 0 Å². The first kappa shape index (κ1) is 36.1. The number of nitrogens with zero attached hydrogens (tertiary/aromatic N) is 6. The highest BCUT2D eigenvalue weighted by atomic mass is 15.0. The van der Waals surface area contributed by atoms with Crippen molar-refractivity contribution in [2.24, 2.45) is 0 Å². The molecule has 0 aliphatic carbocycles. The Labute approximate surface area is 348 Å². The SMILES string of the molecule is c1ccc(-c2cccc(-c3nc(-c4ccccc4)nc(-c4ccc(-c5ccccc5-c5ccc(-c6nc(-c7ccccc7)nc(-c7ccccc7)n6)cc5)cc4)n3)c2)cc1. The van der Waals surface area contributed by atoms with Gasteiger partial charge in [-0.25, -0.2) is 29.9 Å². The average molecular weight is 769 g/mol. The summed E-state index contributed by atoms with van der Waals surface area (Å²) in [5.41, 5.74) is 12.2. The molecule has 10 aromatic rings. The van der Waals surface area contributed by atoms with Crippen LogP contribution >= 0.6 is 0 Å². The maximum Gasteiger partial charge on any atom is 0.164 e. The van der Waals surface area contributed by atoms with Crippen molar-refractivity contribution in [1.29, 1.82) is 0 Å². The van der Waals surface area contributed by atoms with E-state index in [0.717, 1.165) is 66.8 Å². The maximum atomic E-state index is 5.04. The lowest BCUT2D eigenvalue weighted by molar-refractivity contribution is 1.07. The van der Waals surface area contributed by atoms with Crippen molar-refractivity contribution in [2.75, 3.05) is 0 Å². The first-order chi connectivity index (χ1) is 29.7. The molecule has 0 saturated heterocycles. The predicted octanol–water partition coefficient (Wildman–Crippen LogP) is 13.1. The first-order valence-corrected chi connectivity index (χ1v) is 19.9. The van der Waals surface area contributed by atoms with Gasteiger partial charge in [0.15, 0.2) is 34.9 Å². The van der Waals surface area contributed by atoms with E-state index in [9.17, 15) is 0 Å². The Kier molecular flexibility index (Phi) is 9.84. The van der Waals surface area contributed by atoms with Crippen molar-refractivity contribution in [3.63, 3.8) is 0 Å². The third-order valence-corrected chi connectivity index (χ3v) is 10.4. The fourth-order valence-electron chi connectivity index (χ4n) is 7.34. The predicted molar refractivity (Wildman–Crippen MR) is 242 cm³/mol. The Bertz CT molecular complexity index is 2990. The van der Waals surface area contributed by atoms with E-state index < -0.39 is 0 Å². The molecule has 0 aliphatic heterocycles. The van der Waals surface area contributed by atoms with Crippen LogP contribution in [0.2, 0.25) is 0 Å². The standard InChI is InChI=1S/C54H36N6/c1-5-16-37(17-6-1)45-24-15-25-46(36-45)54-59-51(42-22-11-4-12-23-42)58-53(60-54)44-34-30-39(31-35-44)48-27-14-13-26-47(48)38-28-32-43(33-29-38)52-56-49(40-18-7-2-8-19-40)55-50(57-52)41-20-9-3-10-21-41/h1-36H. The van der Waals surface area contributed by atoms with Gasteiger partial charge in [0, 0.05) is 33.4 Å². The molecule has 10 rings (SSSR count). The summed E-state index contributed by atoms with van der Waals surface area (Å²) >= 11 is 0. The average Bonchev–Trinajstić information content (AvgIpc) is 3.35. The van der Waals surface area contributed by atoms with Gasteiger partial charge < -0.3 is 0 Å². The Morgan fingerprint density at radius 3 is 0.783 bits per heavy atom. The van der Waals surface area contributed by atoms with Crippen LogP contribution in [0.5, 0.6) is 0 Å². The van der Waals surface area contributed by atoms with Crippen LogP contribution in [0.15, 0.2) is 218 Å². The molecule has 0 aliphatic rings. The fraction of sp³-hybridized carbons (Fsp3) is 0. The minimum Gasteiger partial charge on any atom is -0.208 e. The minimum absolute atomic E-state index is 0.614. The molecule has 0 fully saturated rings. The van der Waals surface area contributed by atoms with E-state index in [1.807, 2.05) is 97.1 Å². The van der Waals surface area contributed by atoms with E-state index >= 15 is 0 Å². The molecule has 60 heavy (non-hydrogen) atoms. The minimum atomic E-state index is 0.614. The van der Waals surface area contributed by atoms with Crippen LogP contribution in [0.25, 0.3) is 102 Å². The lowest BCUT2D eigenvalue weighted by Crippen LogP contribution is -2.00. The quantitative estimate of drug-likeness (QED) is 0.145. The Morgan fingerprint density at radius 1 is 0.167 bits per heavy atom. The Morgan fingerprint density at radius 2 is 0.417 bits per heavy atom. The number of hydrogen-bond acceptors (Lipinski definition) is 6. The molecule has 6 heteroatoms. The van der Waals surface area contributed by atoms with Crippen molar-refractivity contribution >= 4 is 0 Å². The van der Waals surface area contributed by atoms with Crippen molar-refractivity contribution in [3.8, 4) is 102 Å². The van der Waals surface area contributed by atoms with E-state index in [2.05, 4.69) is 121 Å². The van der Waals surface area contributed by atoms with Crippen molar-refractivity contribution in [1.82, 2.24) is 29.9 Å². The highest BCUT2D eigenvalue weighted by Gasteiger charge is 2.16. The van der Waals surface area contributed by atoms with Gasteiger partial charge in [0.25, 0.3) is 0 Å². The fourth-order valence-corrected chi connectivity index (χ4v) is 7.34. The van der Waals surface area contributed by atoms with Gasteiger partial charge in [-0.15, -0.1) is 0 Å². The molecule has 0 amide bonds. The van der Waals surface area contributed by atoms with Gasteiger partial charge >= 0.3 is 0 Å². The lowest BCUT2D eigenvalue weighted by Gasteiger charge is -2.13. The second kappa shape index (κ2) is 16.3. The molecule has 8 aromatic carbocycles. The molecule has 6 nitrogen and oxygen atoms in total. The molecule has 0 bridgehead atoms. The van der Waals surface area contributed by atoms with Gasteiger partial charge in [-0.1, -0.05) is 212 Å². The molecule has 0 spiro atoms. The molecule has 2 heterocycles. The van der Waals surface area contributed by atoms with E-state index in [1.165, 1.54) is 0 Å². The van der Waals surface area contributed by atoms with Crippen LogP contribution in [-0.4, -0.2) is 29.9 Å². The second-order valence-corrected chi connectivity index (χ2v) is 14.4. The second-order valence-electron chi connectivity index (χ2n) is 14.4. The molecule has 0 unspecified atom stereocenters. The maximum absolute atomic E-state index is 5.04. The van der Waals surface area contributed by atoms with E-state index in [-0.39, 0.29) is 0 Å². The summed E-state index contributed by atoms with van der Waals surface area (Å²) in [4.78, 5) is 29.7. The first-order valence-electron chi connectivity index (χ1n) is 19.9. The number of rotatable bonds is 9. The largest absolute Gasteiger partial charge is 0.208 e. The van der Waals surface area contributed by atoms with Crippen LogP contribution in [0, 0.1) is 0 Å². The van der Waals surface area contributed by atoms with Crippen molar-refractivity contribution in [2.45, 2.75) is 0 Å². The highest BCUT2D eigenvalue weighted by Crippen LogP contribution is 2.35. The monoisotopic (exact) mass is 768 g/mol. The molecular formula is C54H36N6. The van der Waals surface area contributed by atoms with Gasteiger partial charge in [-0.3, -0.25) is 0 Å². The van der Waals surface area contributed by atoms with Gasteiger partial charge in [0.05, 0.1) is 0 Å². The lowest BCUT2D eigenvalue weighted by atomic mass is 9.93. The Hall–Kier alpha value is -8.22. The summed E-state index contributed by atoms with van der Waals surface area (Å²) < 4.78 is 0. The summed E-state index contributed by atoms with van der Waals surface area (Å²) in [7, 11) is 0. The molecule has 0 N–H and O–H groups in total. The summed E-state index contributed by atoms with van der Waals surface area (Å²) in [5.74, 6) is 3.77. The van der Waals surface area contributed by atoms with E-state index in [4.69, 9.17) is 29.9 Å². The molecule has 0 atom stereocenters. The molecule has 2 aromatic heterocycles. The zero-order chi connectivity index (χ0) is 40.1. The summed E-state index contributed by atoms with van der Waals surface area (Å²) in [6.07, 6.45) is 0. The van der Waals surface area contributed by atoms with E-state index in [1.54, 1.807) is 0 Å². The topological polar surface area (TPSA) is 77.3 Å². The third-order valence-electron chi connectivity index (χ3n) is 10.4. The highest BCUT2D eigenvalue weighted by molar-refractivity contribution is 5.85. The number of benzene rings is 8. The van der Waals surface area contributed by atoms with Crippen molar-refractivity contribution < 1.29 is 0 Å². The smallest absolute Gasteiger partial charge is 0.164 e. The van der Waals surface area contributed by atoms with Crippen LogP contribution < -0.4 is 0 Å². The molecule has 0 saturated carbocycles. The number of aromatic nitrogens is 6. The van der Waals surface area contributed by atoms with E-state index in [0.29, 0.717) is 34.9 Å². The van der Waals surface area contributed by atoms with Crippen LogP contribution in [-0.2, 0) is 0 Å². The van der Waals surface area contributed by atoms with Crippen LogP contribution in [0.1, 0.15) is 0 Å². The van der Waals surface area contributed by atoms with Crippen molar-refractivity contribution in [3.05, 3.63) is 218 Å². The molecule has 0 radical (unpaired) electrons. The molecule has 282 valence electrons.